The molecule has 0 radical (unpaired) electrons. The van der Waals surface area contributed by atoms with Crippen LogP contribution in [-0.4, -0.2) is 14.5 Å². The Morgan fingerprint density at radius 2 is 0.933 bits per heavy atom. The molecule has 7 aromatic carbocycles. The number of aromatic nitrogens is 3. The van der Waals surface area contributed by atoms with E-state index in [4.69, 9.17) is 9.97 Å². The lowest BCUT2D eigenvalue weighted by atomic mass is 10.0. The molecule has 0 fully saturated rings. The predicted octanol–water partition coefficient (Wildman–Crippen LogP) is 10.9. The monoisotopic (exact) mass is 573 g/mol. The van der Waals surface area contributed by atoms with Crippen LogP contribution in [-0.2, 0) is 0 Å². The lowest BCUT2D eigenvalue weighted by Crippen LogP contribution is -1.99. The van der Waals surface area contributed by atoms with Crippen LogP contribution in [0.25, 0.3) is 82.9 Å². The summed E-state index contributed by atoms with van der Waals surface area (Å²) in [7, 11) is 0. The van der Waals surface area contributed by atoms with Gasteiger partial charge in [-0.3, -0.25) is 0 Å². The minimum Gasteiger partial charge on any atom is -0.309 e. The zero-order chi connectivity index (χ0) is 29.7. The average molecular weight is 574 g/mol. The van der Waals surface area contributed by atoms with Gasteiger partial charge in [0.25, 0.3) is 0 Å². The van der Waals surface area contributed by atoms with Gasteiger partial charge in [-0.15, -0.1) is 0 Å². The van der Waals surface area contributed by atoms with Crippen molar-refractivity contribution in [2.24, 2.45) is 0 Å². The van der Waals surface area contributed by atoms with Crippen molar-refractivity contribution in [3.8, 4) is 39.6 Å². The third kappa shape index (κ3) is 4.21. The van der Waals surface area contributed by atoms with Crippen molar-refractivity contribution in [3.63, 3.8) is 0 Å². The van der Waals surface area contributed by atoms with Crippen molar-refractivity contribution in [2.45, 2.75) is 0 Å². The van der Waals surface area contributed by atoms with Crippen LogP contribution in [0.15, 0.2) is 164 Å². The van der Waals surface area contributed by atoms with Crippen molar-refractivity contribution >= 4 is 43.4 Å². The van der Waals surface area contributed by atoms with E-state index >= 15 is 0 Å². The second kappa shape index (κ2) is 10.3. The first-order valence-corrected chi connectivity index (χ1v) is 15.3. The summed E-state index contributed by atoms with van der Waals surface area (Å²) >= 11 is 0. The Labute approximate surface area is 260 Å². The summed E-state index contributed by atoms with van der Waals surface area (Å²) in [5.41, 5.74) is 8.47. The average Bonchev–Trinajstić information content (AvgIpc) is 3.43. The smallest absolute Gasteiger partial charge is 0.161 e. The fraction of sp³-hybridized carbons (Fsp3) is 0. The lowest BCUT2D eigenvalue weighted by molar-refractivity contribution is 1.18. The van der Waals surface area contributed by atoms with Gasteiger partial charge in [0.2, 0.25) is 0 Å². The van der Waals surface area contributed by atoms with E-state index in [-0.39, 0.29) is 0 Å². The summed E-state index contributed by atoms with van der Waals surface area (Å²) < 4.78 is 2.42. The van der Waals surface area contributed by atoms with Gasteiger partial charge < -0.3 is 4.57 Å². The van der Waals surface area contributed by atoms with Crippen molar-refractivity contribution in [3.05, 3.63) is 164 Å². The van der Waals surface area contributed by atoms with E-state index in [0.717, 1.165) is 44.5 Å². The van der Waals surface area contributed by atoms with Gasteiger partial charge in [0.1, 0.15) is 0 Å². The van der Waals surface area contributed by atoms with Crippen LogP contribution in [0.2, 0.25) is 0 Å². The summed E-state index contributed by atoms with van der Waals surface area (Å²) in [5, 5.41) is 7.25. The van der Waals surface area contributed by atoms with Gasteiger partial charge in [-0.1, -0.05) is 127 Å². The summed E-state index contributed by atoms with van der Waals surface area (Å²) in [6, 6.07) is 57.8. The number of hydrogen-bond donors (Lipinski definition) is 0. The van der Waals surface area contributed by atoms with E-state index in [2.05, 4.69) is 156 Å². The molecule has 0 saturated carbocycles. The maximum absolute atomic E-state index is 5.16. The van der Waals surface area contributed by atoms with Crippen molar-refractivity contribution in [2.75, 3.05) is 0 Å². The van der Waals surface area contributed by atoms with E-state index in [0.29, 0.717) is 5.82 Å². The number of benzene rings is 7. The van der Waals surface area contributed by atoms with Gasteiger partial charge in [-0.05, 0) is 52.6 Å². The highest BCUT2D eigenvalue weighted by molar-refractivity contribution is 6.15. The zero-order valence-electron chi connectivity index (χ0n) is 24.4. The molecule has 0 unspecified atom stereocenters. The van der Waals surface area contributed by atoms with Crippen molar-refractivity contribution < 1.29 is 0 Å². The van der Waals surface area contributed by atoms with Crippen molar-refractivity contribution in [1.29, 1.82) is 0 Å². The molecule has 2 heterocycles. The van der Waals surface area contributed by atoms with Crippen LogP contribution in [0.3, 0.4) is 0 Å². The first kappa shape index (κ1) is 25.4. The molecule has 0 amide bonds. The largest absolute Gasteiger partial charge is 0.309 e. The van der Waals surface area contributed by atoms with Crippen molar-refractivity contribution in [1.82, 2.24) is 14.5 Å². The fourth-order valence-electron chi connectivity index (χ4n) is 6.67. The van der Waals surface area contributed by atoms with E-state index in [9.17, 15) is 0 Å². The first-order chi connectivity index (χ1) is 22.3. The van der Waals surface area contributed by atoms with Crippen LogP contribution in [0.4, 0.5) is 0 Å². The molecule has 0 aliphatic heterocycles. The Balaban J connectivity index is 1.31. The molecule has 3 heteroatoms. The number of fused-ring (bicyclic) bond motifs is 5. The Morgan fingerprint density at radius 1 is 0.378 bits per heavy atom. The molecule has 0 atom stereocenters. The minimum absolute atomic E-state index is 0.714. The standard InChI is InChI=1S/C42H27N3/c1-3-13-28(14-4-1)37-27-38(29-15-5-2-6-16-29)44-42(43-37)35-23-24-40(33-20-10-9-19-32(33)35)45-39-22-12-11-21-34(39)36-25-30-17-7-8-18-31(30)26-41(36)45/h1-27H. The predicted molar refractivity (Wildman–Crippen MR) is 188 cm³/mol. The van der Waals surface area contributed by atoms with Gasteiger partial charge in [0, 0.05) is 32.8 Å². The van der Waals surface area contributed by atoms with E-state index in [1.807, 2.05) is 12.1 Å². The van der Waals surface area contributed by atoms with Gasteiger partial charge in [-0.25, -0.2) is 9.97 Å². The third-order valence-electron chi connectivity index (χ3n) is 8.79. The maximum Gasteiger partial charge on any atom is 0.161 e. The Kier molecular flexibility index (Phi) is 5.82. The lowest BCUT2D eigenvalue weighted by Gasteiger charge is -2.15. The van der Waals surface area contributed by atoms with Crippen LogP contribution >= 0.6 is 0 Å². The van der Waals surface area contributed by atoms with E-state index < -0.39 is 0 Å². The van der Waals surface area contributed by atoms with Crippen LogP contribution in [0.5, 0.6) is 0 Å². The summed E-state index contributed by atoms with van der Waals surface area (Å²) in [5.74, 6) is 0.714. The molecule has 0 saturated heterocycles. The topological polar surface area (TPSA) is 30.7 Å². The quantitative estimate of drug-likeness (QED) is 0.210. The molecule has 210 valence electrons. The van der Waals surface area contributed by atoms with Gasteiger partial charge in [0.15, 0.2) is 5.82 Å². The normalized spacial score (nSPS) is 11.6. The number of para-hydroxylation sites is 1. The van der Waals surface area contributed by atoms with E-state index in [1.54, 1.807) is 0 Å². The molecule has 0 N–H and O–H groups in total. The molecule has 9 rings (SSSR count). The molecule has 2 aromatic heterocycles. The third-order valence-corrected chi connectivity index (χ3v) is 8.79. The van der Waals surface area contributed by atoms with Gasteiger partial charge in [0.05, 0.1) is 28.1 Å². The summed E-state index contributed by atoms with van der Waals surface area (Å²) in [6.07, 6.45) is 0. The van der Waals surface area contributed by atoms with Crippen LogP contribution in [0, 0.1) is 0 Å². The summed E-state index contributed by atoms with van der Waals surface area (Å²) in [4.78, 5) is 10.3. The molecular formula is C42H27N3. The Morgan fingerprint density at radius 3 is 1.62 bits per heavy atom. The Bertz CT molecular complexity index is 2470. The molecule has 3 nitrogen and oxygen atoms in total. The first-order valence-electron chi connectivity index (χ1n) is 15.3. The second-order valence-electron chi connectivity index (χ2n) is 11.4. The zero-order valence-corrected chi connectivity index (χ0v) is 24.4. The minimum atomic E-state index is 0.714. The molecule has 9 aromatic rings. The van der Waals surface area contributed by atoms with E-state index in [1.165, 1.54) is 32.6 Å². The highest BCUT2D eigenvalue weighted by atomic mass is 15.0. The number of hydrogen-bond acceptors (Lipinski definition) is 2. The molecule has 0 aliphatic rings. The molecular weight excluding hydrogens is 546 g/mol. The van der Waals surface area contributed by atoms with Crippen LogP contribution < -0.4 is 0 Å². The highest BCUT2D eigenvalue weighted by Gasteiger charge is 2.18. The molecule has 45 heavy (non-hydrogen) atoms. The second-order valence-corrected chi connectivity index (χ2v) is 11.4. The summed E-state index contributed by atoms with van der Waals surface area (Å²) in [6.45, 7) is 0. The Hall–Kier alpha value is -6.06. The maximum atomic E-state index is 5.16. The van der Waals surface area contributed by atoms with Gasteiger partial charge >= 0.3 is 0 Å². The number of rotatable bonds is 4. The molecule has 0 bridgehead atoms. The molecule has 0 aliphatic carbocycles. The highest BCUT2D eigenvalue weighted by Crippen LogP contribution is 2.39. The fourth-order valence-corrected chi connectivity index (χ4v) is 6.67. The molecule has 0 spiro atoms. The van der Waals surface area contributed by atoms with Gasteiger partial charge in [-0.2, -0.15) is 0 Å². The number of nitrogens with zero attached hydrogens (tertiary/aromatic N) is 3. The SMILES string of the molecule is c1ccc(-c2cc(-c3ccccc3)nc(-c3ccc(-n4c5ccccc5c5cc6ccccc6cc54)c4ccccc34)n2)cc1. The van der Waals surface area contributed by atoms with Crippen LogP contribution in [0.1, 0.15) is 0 Å².